The van der Waals surface area contributed by atoms with Crippen LogP contribution in [-0.4, -0.2) is 36.5 Å². The van der Waals surface area contributed by atoms with Crippen molar-refractivity contribution in [1.29, 1.82) is 0 Å². The largest absolute Gasteiger partial charge is 0.341 e. The normalized spacial score (nSPS) is 18.2. The molecule has 1 fully saturated rings. The van der Waals surface area contributed by atoms with Gasteiger partial charge in [-0.3, -0.25) is 4.79 Å². The Bertz CT molecular complexity index is 473. The van der Waals surface area contributed by atoms with Gasteiger partial charge in [0.25, 0.3) is 0 Å². The van der Waals surface area contributed by atoms with Crippen molar-refractivity contribution in [2.45, 2.75) is 32.2 Å². The summed E-state index contributed by atoms with van der Waals surface area (Å²) in [5, 5.41) is 3.35. The molecule has 1 aromatic carbocycles. The molecule has 0 bridgehead atoms. The minimum atomic E-state index is -0.907. The minimum Gasteiger partial charge on any atom is -0.341 e. The number of likely N-dealkylation sites (N-methyl/N-ethyl adjacent to an activating group) is 1. The number of nitrogens with one attached hydrogen (secondary N) is 1. The van der Waals surface area contributed by atoms with E-state index in [2.05, 4.69) is 5.32 Å². The predicted molar refractivity (Wildman–Crippen MR) is 73.3 cm³/mol. The lowest BCUT2D eigenvalue weighted by atomic mass is 10.1. The lowest BCUT2D eigenvalue weighted by Crippen LogP contribution is -2.41. The topological polar surface area (TPSA) is 32.3 Å². The highest BCUT2D eigenvalue weighted by Crippen LogP contribution is 2.12. The van der Waals surface area contributed by atoms with Crippen LogP contribution in [0.5, 0.6) is 0 Å². The van der Waals surface area contributed by atoms with Crippen LogP contribution in [0.3, 0.4) is 0 Å². The molecule has 5 heteroatoms. The van der Waals surface area contributed by atoms with E-state index in [1.54, 1.807) is 4.90 Å². The number of hydrogen-bond acceptors (Lipinski definition) is 2. The van der Waals surface area contributed by atoms with Crippen LogP contribution in [0.1, 0.15) is 25.3 Å². The molecule has 0 aliphatic carbocycles. The van der Waals surface area contributed by atoms with E-state index in [1.165, 1.54) is 6.07 Å². The monoisotopic (exact) mass is 282 g/mol. The van der Waals surface area contributed by atoms with E-state index in [1.807, 2.05) is 6.92 Å². The highest BCUT2D eigenvalue weighted by molar-refractivity contribution is 5.78. The summed E-state index contributed by atoms with van der Waals surface area (Å²) >= 11 is 0. The average molecular weight is 282 g/mol. The van der Waals surface area contributed by atoms with E-state index in [4.69, 9.17) is 0 Å². The van der Waals surface area contributed by atoms with Gasteiger partial charge in [0.1, 0.15) is 0 Å². The fourth-order valence-corrected chi connectivity index (χ4v) is 2.52. The molecule has 1 saturated heterocycles. The third-order valence-corrected chi connectivity index (χ3v) is 3.68. The fourth-order valence-electron chi connectivity index (χ4n) is 2.52. The van der Waals surface area contributed by atoms with E-state index >= 15 is 0 Å². The molecule has 2 rings (SSSR count). The van der Waals surface area contributed by atoms with Gasteiger partial charge in [-0.1, -0.05) is 6.07 Å². The maximum atomic E-state index is 13.1. The van der Waals surface area contributed by atoms with Gasteiger partial charge in [0.05, 0.1) is 6.42 Å². The first-order chi connectivity index (χ1) is 9.60. The summed E-state index contributed by atoms with van der Waals surface area (Å²) in [4.78, 5) is 14.0. The second kappa shape index (κ2) is 6.79. The first kappa shape index (κ1) is 14.9. The Labute approximate surface area is 118 Å². The van der Waals surface area contributed by atoms with Crippen molar-refractivity contribution in [1.82, 2.24) is 10.2 Å². The molecule has 0 aromatic heterocycles. The number of carbonyl (C=O) groups excluding carboxylic acids is 1. The number of hydrogen-bond donors (Lipinski definition) is 1. The molecule has 1 N–H and O–H groups in total. The number of amides is 1. The van der Waals surface area contributed by atoms with E-state index in [0.717, 1.165) is 31.5 Å². The molecule has 110 valence electrons. The third-order valence-electron chi connectivity index (χ3n) is 3.68. The number of rotatable bonds is 5. The van der Waals surface area contributed by atoms with Gasteiger partial charge in [0, 0.05) is 19.1 Å². The highest BCUT2D eigenvalue weighted by atomic mass is 19.2. The number of nitrogens with zero attached hydrogens (tertiary/aromatic N) is 1. The van der Waals surface area contributed by atoms with Crippen LogP contribution in [0.15, 0.2) is 18.2 Å². The minimum absolute atomic E-state index is 0.0489. The zero-order valence-corrected chi connectivity index (χ0v) is 11.7. The maximum absolute atomic E-state index is 13.1. The van der Waals surface area contributed by atoms with Crippen LogP contribution < -0.4 is 5.32 Å². The molecular formula is C15H20F2N2O. The second-order valence-corrected chi connectivity index (χ2v) is 5.15. The van der Waals surface area contributed by atoms with Crippen LogP contribution in [0.4, 0.5) is 8.78 Å². The first-order valence-electron chi connectivity index (χ1n) is 7.05. The van der Waals surface area contributed by atoms with Crippen molar-refractivity contribution < 1.29 is 13.6 Å². The van der Waals surface area contributed by atoms with E-state index in [-0.39, 0.29) is 12.3 Å². The fraction of sp³-hybridized carbons (Fsp3) is 0.533. The van der Waals surface area contributed by atoms with Gasteiger partial charge in [-0.05, 0) is 44.0 Å². The molecule has 1 aliphatic heterocycles. The molecule has 0 spiro atoms. The summed E-state index contributed by atoms with van der Waals surface area (Å²) in [5.41, 5.74) is 0.506. The van der Waals surface area contributed by atoms with Gasteiger partial charge in [-0.15, -0.1) is 0 Å². The summed E-state index contributed by atoms with van der Waals surface area (Å²) in [6.45, 7) is 4.23. The lowest BCUT2D eigenvalue weighted by Gasteiger charge is -2.24. The Morgan fingerprint density at radius 3 is 2.80 bits per heavy atom. The van der Waals surface area contributed by atoms with Crippen LogP contribution in [0.2, 0.25) is 0 Å². The van der Waals surface area contributed by atoms with Crippen molar-refractivity contribution in [2.24, 2.45) is 0 Å². The summed E-state index contributed by atoms with van der Waals surface area (Å²) in [7, 11) is 0. The summed E-state index contributed by atoms with van der Waals surface area (Å²) < 4.78 is 26.0. The van der Waals surface area contributed by atoms with Crippen molar-refractivity contribution >= 4 is 5.91 Å². The molecule has 3 nitrogen and oxygen atoms in total. The zero-order valence-electron chi connectivity index (χ0n) is 11.7. The second-order valence-electron chi connectivity index (χ2n) is 5.15. The van der Waals surface area contributed by atoms with Crippen LogP contribution in [-0.2, 0) is 11.2 Å². The van der Waals surface area contributed by atoms with Gasteiger partial charge in [-0.25, -0.2) is 8.78 Å². The van der Waals surface area contributed by atoms with Crippen LogP contribution in [0.25, 0.3) is 0 Å². The number of halogens is 2. The zero-order chi connectivity index (χ0) is 14.5. The summed E-state index contributed by atoms with van der Waals surface area (Å²) in [6.07, 6.45) is 2.33. The summed E-state index contributed by atoms with van der Waals surface area (Å²) in [6, 6.07) is 3.96. The molecule has 1 aliphatic rings. The molecule has 1 atom stereocenters. The Morgan fingerprint density at radius 2 is 2.20 bits per heavy atom. The van der Waals surface area contributed by atoms with Crippen LogP contribution in [0, 0.1) is 11.6 Å². The van der Waals surface area contributed by atoms with Gasteiger partial charge < -0.3 is 10.2 Å². The molecule has 1 aromatic rings. The number of benzene rings is 1. The lowest BCUT2D eigenvalue weighted by molar-refractivity contribution is -0.130. The molecule has 20 heavy (non-hydrogen) atoms. The standard InChI is InChI=1S/C15H20F2N2O/c1-2-19(10-12-4-3-7-18-12)15(20)9-11-5-6-13(16)14(17)8-11/h5-6,8,12,18H,2-4,7,9-10H2,1H3. The van der Waals surface area contributed by atoms with Crippen molar-refractivity contribution in [3.63, 3.8) is 0 Å². The Balaban J connectivity index is 1.95. The highest BCUT2D eigenvalue weighted by Gasteiger charge is 2.20. The molecule has 1 unspecified atom stereocenters. The molecule has 1 heterocycles. The van der Waals surface area contributed by atoms with Gasteiger partial charge >= 0.3 is 0 Å². The molecule has 0 radical (unpaired) electrons. The van der Waals surface area contributed by atoms with E-state index in [9.17, 15) is 13.6 Å². The molecular weight excluding hydrogens is 262 g/mol. The van der Waals surface area contributed by atoms with Crippen molar-refractivity contribution in [3.8, 4) is 0 Å². The smallest absolute Gasteiger partial charge is 0.227 e. The predicted octanol–water partition coefficient (Wildman–Crippen LogP) is 2.11. The van der Waals surface area contributed by atoms with E-state index < -0.39 is 11.6 Å². The Morgan fingerprint density at radius 1 is 1.40 bits per heavy atom. The van der Waals surface area contributed by atoms with Crippen molar-refractivity contribution in [3.05, 3.63) is 35.4 Å². The Kier molecular flexibility index (Phi) is 5.06. The molecule has 1 amide bonds. The van der Waals surface area contributed by atoms with Crippen LogP contribution >= 0.6 is 0 Å². The van der Waals surface area contributed by atoms with Gasteiger partial charge in [0.2, 0.25) is 5.91 Å². The van der Waals surface area contributed by atoms with Crippen molar-refractivity contribution in [2.75, 3.05) is 19.6 Å². The molecule has 0 saturated carbocycles. The quantitative estimate of drug-likeness (QED) is 0.897. The Hall–Kier alpha value is -1.49. The van der Waals surface area contributed by atoms with Gasteiger partial charge in [-0.2, -0.15) is 0 Å². The van der Waals surface area contributed by atoms with Gasteiger partial charge in [0.15, 0.2) is 11.6 Å². The SMILES string of the molecule is CCN(CC1CCCN1)C(=O)Cc1ccc(F)c(F)c1. The maximum Gasteiger partial charge on any atom is 0.227 e. The first-order valence-corrected chi connectivity index (χ1v) is 7.05. The number of carbonyl (C=O) groups is 1. The summed E-state index contributed by atoms with van der Waals surface area (Å²) in [5.74, 6) is -1.84. The third kappa shape index (κ3) is 3.76. The average Bonchev–Trinajstić information content (AvgIpc) is 2.93. The van der Waals surface area contributed by atoms with E-state index in [0.29, 0.717) is 24.7 Å².